The molecule has 0 bridgehead atoms. The Kier molecular flexibility index (Phi) is 1.78. The lowest BCUT2D eigenvalue weighted by Crippen LogP contribution is -2.42. The van der Waals surface area contributed by atoms with Crippen molar-refractivity contribution >= 4 is 17.7 Å². The molecule has 0 atom stereocenters. The largest absolute Gasteiger partial charge is 0.352 e. The molecule has 0 spiro atoms. The van der Waals surface area contributed by atoms with Gasteiger partial charge in [-0.05, 0) is 0 Å². The molecule has 1 amide bonds. The quantitative estimate of drug-likeness (QED) is 0.552. The van der Waals surface area contributed by atoms with Gasteiger partial charge in [0.15, 0.2) is 0 Å². The predicted octanol–water partition coefficient (Wildman–Crippen LogP) is 0.238. The lowest BCUT2D eigenvalue weighted by molar-refractivity contribution is -0.119. The summed E-state index contributed by atoms with van der Waals surface area (Å²) in [5, 5.41) is 2.82. The summed E-state index contributed by atoms with van der Waals surface area (Å²) in [5.74, 6) is 2.29. The van der Waals surface area contributed by atoms with E-state index in [-0.39, 0.29) is 5.91 Å². The van der Waals surface area contributed by atoms with Crippen molar-refractivity contribution in [1.82, 2.24) is 5.32 Å². The molecule has 2 nitrogen and oxygen atoms in total. The summed E-state index contributed by atoms with van der Waals surface area (Å²) in [4.78, 5) is 10.3. The second-order valence-electron chi connectivity index (χ2n) is 1.93. The Balaban J connectivity index is 2.09. The third-order valence-corrected chi connectivity index (χ3v) is 2.32. The van der Waals surface area contributed by atoms with Gasteiger partial charge in [-0.2, -0.15) is 11.8 Å². The van der Waals surface area contributed by atoms with Crippen LogP contribution in [-0.2, 0) is 4.79 Å². The van der Waals surface area contributed by atoms with Crippen LogP contribution in [0.15, 0.2) is 0 Å². The molecule has 1 aliphatic heterocycles. The van der Waals surface area contributed by atoms with Gasteiger partial charge in [-0.25, -0.2) is 0 Å². The molecule has 0 aromatic carbocycles. The van der Waals surface area contributed by atoms with Gasteiger partial charge in [-0.1, -0.05) is 0 Å². The van der Waals surface area contributed by atoms with E-state index in [0.29, 0.717) is 6.04 Å². The van der Waals surface area contributed by atoms with Gasteiger partial charge in [0.1, 0.15) is 0 Å². The fraction of sp³-hybridized carbons (Fsp3) is 0.800. The van der Waals surface area contributed by atoms with Gasteiger partial charge in [0.25, 0.3) is 0 Å². The van der Waals surface area contributed by atoms with Crippen molar-refractivity contribution in [2.24, 2.45) is 0 Å². The maximum Gasteiger partial charge on any atom is 0.217 e. The molecule has 1 rings (SSSR count). The molecule has 3 heteroatoms. The van der Waals surface area contributed by atoms with E-state index in [1.165, 1.54) is 0 Å². The summed E-state index contributed by atoms with van der Waals surface area (Å²) < 4.78 is 0. The Labute approximate surface area is 53.0 Å². The fourth-order valence-corrected chi connectivity index (χ4v) is 1.24. The Morgan fingerprint density at radius 1 is 1.75 bits per heavy atom. The average Bonchev–Trinajstić information content (AvgIpc) is 1.55. The number of amides is 1. The van der Waals surface area contributed by atoms with E-state index in [4.69, 9.17) is 0 Å². The monoisotopic (exact) mass is 131 g/mol. The maximum atomic E-state index is 10.3. The Morgan fingerprint density at radius 3 is 2.50 bits per heavy atom. The van der Waals surface area contributed by atoms with Crippen LogP contribution in [0.4, 0.5) is 0 Å². The van der Waals surface area contributed by atoms with Gasteiger partial charge >= 0.3 is 0 Å². The minimum Gasteiger partial charge on any atom is -0.352 e. The number of hydrogen-bond donors (Lipinski definition) is 1. The summed E-state index contributed by atoms with van der Waals surface area (Å²) in [6, 6.07) is 0.470. The highest BCUT2D eigenvalue weighted by Gasteiger charge is 2.17. The van der Waals surface area contributed by atoms with Gasteiger partial charge in [-0.3, -0.25) is 4.79 Å². The molecule has 1 aliphatic rings. The van der Waals surface area contributed by atoms with Crippen molar-refractivity contribution in [2.45, 2.75) is 13.0 Å². The van der Waals surface area contributed by atoms with Crippen molar-refractivity contribution < 1.29 is 4.79 Å². The highest BCUT2D eigenvalue weighted by atomic mass is 32.2. The van der Waals surface area contributed by atoms with Crippen LogP contribution in [0.3, 0.4) is 0 Å². The molecule has 0 unspecified atom stereocenters. The second kappa shape index (κ2) is 2.40. The van der Waals surface area contributed by atoms with E-state index in [9.17, 15) is 4.79 Å². The zero-order valence-electron chi connectivity index (χ0n) is 4.81. The Morgan fingerprint density at radius 2 is 2.38 bits per heavy atom. The van der Waals surface area contributed by atoms with E-state index >= 15 is 0 Å². The lowest BCUT2D eigenvalue weighted by atomic mass is 10.4. The standard InChI is InChI=1S/C5H9NOS/c1-4(7)6-5-2-8-3-5/h5H,2-3H2,1H3,(H,6,7). The molecule has 1 N–H and O–H groups in total. The fourth-order valence-electron chi connectivity index (χ4n) is 0.606. The van der Waals surface area contributed by atoms with Crippen LogP contribution in [0.5, 0.6) is 0 Å². The zero-order chi connectivity index (χ0) is 5.98. The van der Waals surface area contributed by atoms with Crippen molar-refractivity contribution in [3.05, 3.63) is 0 Å². The number of thioether (sulfide) groups is 1. The minimum absolute atomic E-state index is 0.0929. The van der Waals surface area contributed by atoms with E-state index in [1.54, 1.807) is 6.92 Å². The number of carbonyl (C=O) groups excluding carboxylic acids is 1. The number of rotatable bonds is 1. The molecule has 0 saturated carbocycles. The smallest absolute Gasteiger partial charge is 0.217 e. The Hall–Kier alpha value is -0.180. The van der Waals surface area contributed by atoms with Crippen molar-refractivity contribution in [3.8, 4) is 0 Å². The van der Waals surface area contributed by atoms with E-state index < -0.39 is 0 Å². The molecule has 0 aromatic heterocycles. The second-order valence-corrected chi connectivity index (χ2v) is 3.01. The van der Waals surface area contributed by atoms with Crippen LogP contribution in [0.1, 0.15) is 6.92 Å². The number of carbonyl (C=O) groups is 1. The summed E-state index contributed by atoms with van der Waals surface area (Å²) >= 11 is 1.87. The van der Waals surface area contributed by atoms with Gasteiger partial charge < -0.3 is 5.32 Å². The van der Waals surface area contributed by atoms with E-state index in [0.717, 1.165) is 11.5 Å². The first-order chi connectivity index (χ1) is 3.79. The molecule has 1 saturated heterocycles. The molecule has 0 aromatic rings. The van der Waals surface area contributed by atoms with Gasteiger partial charge in [0.05, 0.1) is 0 Å². The summed E-state index contributed by atoms with van der Waals surface area (Å²) in [6.45, 7) is 1.56. The SMILES string of the molecule is CC(=O)NC1CSC1. The third-order valence-electron chi connectivity index (χ3n) is 1.05. The van der Waals surface area contributed by atoms with Crippen LogP contribution in [0.2, 0.25) is 0 Å². The van der Waals surface area contributed by atoms with Gasteiger partial charge in [-0.15, -0.1) is 0 Å². The molecule has 46 valence electrons. The van der Waals surface area contributed by atoms with Crippen LogP contribution < -0.4 is 5.32 Å². The van der Waals surface area contributed by atoms with Gasteiger partial charge in [0, 0.05) is 24.5 Å². The molecule has 8 heavy (non-hydrogen) atoms. The van der Waals surface area contributed by atoms with Crippen LogP contribution >= 0.6 is 11.8 Å². The highest BCUT2D eigenvalue weighted by Crippen LogP contribution is 2.16. The van der Waals surface area contributed by atoms with Crippen LogP contribution in [0, 0.1) is 0 Å². The van der Waals surface area contributed by atoms with E-state index in [2.05, 4.69) is 5.32 Å². The molecule has 1 heterocycles. The predicted molar refractivity (Wildman–Crippen MR) is 34.9 cm³/mol. The first-order valence-electron chi connectivity index (χ1n) is 2.64. The zero-order valence-corrected chi connectivity index (χ0v) is 5.62. The first kappa shape index (κ1) is 5.95. The lowest BCUT2D eigenvalue weighted by Gasteiger charge is -2.24. The normalized spacial score (nSPS) is 19.6. The molecular weight excluding hydrogens is 122 g/mol. The molecule has 0 radical (unpaired) electrons. The summed E-state index contributed by atoms with van der Waals surface area (Å²) in [6.07, 6.45) is 0. The van der Waals surface area contributed by atoms with Crippen molar-refractivity contribution in [1.29, 1.82) is 0 Å². The van der Waals surface area contributed by atoms with Crippen molar-refractivity contribution in [3.63, 3.8) is 0 Å². The van der Waals surface area contributed by atoms with Crippen LogP contribution in [0.25, 0.3) is 0 Å². The first-order valence-corrected chi connectivity index (χ1v) is 3.79. The summed E-state index contributed by atoms with van der Waals surface area (Å²) in [5.41, 5.74) is 0. The molecule has 1 fully saturated rings. The number of nitrogens with one attached hydrogen (secondary N) is 1. The number of hydrogen-bond acceptors (Lipinski definition) is 2. The topological polar surface area (TPSA) is 29.1 Å². The maximum absolute atomic E-state index is 10.3. The molecule has 0 aliphatic carbocycles. The van der Waals surface area contributed by atoms with Crippen molar-refractivity contribution in [2.75, 3.05) is 11.5 Å². The van der Waals surface area contributed by atoms with Gasteiger partial charge in [0.2, 0.25) is 5.91 Å². The average molecular weight is 131 g/mol. The Bertz CT molecular complexity index is 101. The molecular formula is C5H9NOS. The summed E-state index contributed by atoms with van der Waals surface area (Å²) in [7, 11) is 0. The van der Waals surface area contributed by atoms with E-state index in [1.807, 2.05) is 11.8 Å². The highest BCUT2D eigenvalue weighted by molar-refractivity contribution is 8.00. The van der Waals surface area contributed by atoms with Crippen LogP contribution in [-0.4, -0.2) is 23.5 Å². The minimum atomic E-state index is 0.0929. The third kappa shape index (κ3) is 1.40.